The van der Waals surface area contributed by atoms with E-state index in [1.54, 1.807) is 23.4 Å². The second-order valence-electron chi connectivity index (χ2n) is 4.12. The van der Waals surface area contributed by atoms with Gasteiger partial charge in [-0.25, -0.2) is 9.89 Å². The van der Waals surface area contributed by atoms with E-state index in [9.17, 15) is 4.79 Å². The summed E-state index contributed by atoms with van der Waals surface area (Å²) in [6.07, 6.45) is 3.47. The van der Waals surface area contributed by atoms with Crippen LogP contribution < -0.4 is 11.0 Å². The molecular weight excluding hydrogens is 236 g/mol. The molecule has 1 rings (SSSR count). The van der Waals surface area contributed by atoms with Crippen molar-refractivity contribution in [1.82, 2.24) is 20.1 Å². The summed E-state index contributed by atoms with van der Waals surface area (Å²) in [5.74, 6) is 0.950. The number of hydrogen-bond acceptors (Lipinski definition) is 4. The van der Waals surface area contributed by atoms with Gasteiger partial charge < -0.3 is 5.32 Å². The van der Waals surface area contributed by atoms with E-state index >= 15 is 0 Å². The number of aromatic amines is 1. The molecule has 0 radical (unpaired) electrons. The molecule has 0 spiro atoms. The summed E-state index contributed by atoms with van der Waals surface area (Å²) in [4.78, 5) is 11.2. The third-order valence-electron chi connectivity index (χ3n) is 2.57. The second kappa shape index (κ2) is 7.55. The van der Waals surface area contributed by atoms with Crippen molar-refractivity contribution in [3.63, 3.8) is 0 Å². The molecule has 1 unspecified atom stereocenters. The lowest BCUT2D eigenvalue weighted by Gasteiger charge is -2.16. The maximum absolute atomic E-state index is 11.2. The molecular formula is C11H22N4OS. The molecule has 17 heavy (non-hydrogen) atoms. The van der Waals surface area contributed by atoms with Gasteiger partial charge in [-0.3, -0.25) is 4.57 Å². The Morgan fingerprint density at radius 1 is 1.47 bits per heavy atom. The van der Waals surface area contributed by atoms with Gasteiger partial charge in [-0.2, -0.15) is 0 Å². The first-order valence-electron chi connectivity index (χ1n) is 6.16. The van der Waals surface area contributed by atoms with E-state index < -0.39 is 0 Å². The van der Waals surface area contributed by atoms with Crippen LogP contribution in [0.1, 0.15) is 33.1 Å². The van der Waals surface area contributed by atoms with Crippen molar-refractivity contribution in [2.75, 3.05) is 12.3 Å². The van der Waals surface area contributed by atoms with Crippen LogP contribution in [0.4, 0.5) is 0 Å². The highest BCUT2D eigenvalue weighted by molar-refractivity contribution is 7.99. The molecule has 5 nitrogen and oxygen atoms in total. The maximum Gasteiger partial charge on any atom is 0.343 e. The molecule has 0 aliphatic heterocycles. The molecule has 0 fully saturated rings. The van der Waals surface area contributed by atoms with Crippen LogP contribution in [-0.2, 0) is 7.05 Å². The Balaban J connectivity index is 2.45. The fraction of sp³-hybridized carbons (Fsp3) is 0.818. The molecule has 98 valence electrons. The van der Waals surface area contributed by atoms with E-state index in [4.69, 9.17) is 0 Å². The van der Waals surface area contributed by atoms with Crippen LogP contribution in [0.15, 0.2) is 9.95 Å². The van der Waals surface area contributed by atoms with E-state index in [1.165, 1.54) is 6.42 Å². The van der Waals surface area contributed by atoms with Gasteiger partial charge in [0.15, 0.2) is 5.16 Å². The van der Waals surface area contributed by atoms with Gasteiger partial charge in [-0.1, -0.05) is 32.0 Å². The fourth-order valence-corrected chi connectivity index (χ4v) is 2.60. The predicted octanol–water partition coefficient (Wildman–Crippen LogP) is 1.37. The highest BCUT2D eigenvalue weighted by Gasteiger charge is 2.10. The Kier molecular flexibility index (Phi) is 6.36. The van der Waals surface area contributed by atoms with Gasteiger partial charge in [0, 0.05) is 18.8 Å². The molecule has 0 amide bonds. The van der Waals surface area contributed by atoms with E-state index in [0.29, 0.717) is 6.04 Å². The Bertz CT molecular complexity index is 374. The predicted molar refractivity (Wildman–Crippen MR) is 71.5 cm³/mol. The van der Waals surface area contributed by atoms with Gasteiger partial charge in [0.25, 0.3) is 0 Å². The fourth-order valence-electron chi connectivity index (χ4n) is 1.58. The number of hydrogen-bond donors (Lipinski definition) is 2. The molecule has 0 aromatic carbocycles. The zero-order chi connectivity index (χ0) is 12.7. The lowest BCUT2D eigenvalue weighted by molar-refractivity contribution is 0.514. The average Bonchev–Trinajstić information content (AvgIpc) is 2.64. The first-order chi connectivity index (χ1) is 8.19. The summed E-state index contributed by atoms with van der Waals surface area (Å²) in [6, 6.07) is 0.497. The Morgan fingerprint density at radius 2 is 2.24 bits per heavy atom. The first-order valence-corrected chi connectivity index (χ1v) is 7.15. The molecule has 1 aromatic rings. The molecule has 6 heteroatoms. The van der Waals surface area contributed by atoms with Crippen molar-refractivity contribution in [1.29, 1.82) is 0 Å². The Labute approximate surface area is 106 Å². The summed E-state index contributed by atoms with van der Waals surface area (Å²) in [6.45, 7) is 5.40. The maximum atomic E-state index is 11.2. The molecule has 1 heterocycles. The highest BCUT2D eigenvalue weighted by atomic mass is 32.2. The third kappa shape index (κ3) is 4.55. The van der Waals surface area contributed by atoms with Gasteiger partial charge in [-0.05, 0) is 19.4 Å². The minimum atomic E-state index is -0.152. The van der Waals surface area contributed by atoms with Gasteiger partial charge in [0.05, 0.1) is 0 Å². The molecule has 0 saturated heterocycles. The SMILES string of the molecule is CCCNC(CCC)CSc1n[nH]c(=O)n1C. The molecule has 0 aliphatic carbocycles. The average molecular weight is 258 g/mol. The van der Waals surface area contributed by atoms with Crippen LogP contribution in [0, 0.1) is 0 Å². The van der Waals surface area contributed by atoms with Gasteiger partial charge in [0.1, 0.15) is 0 Å². The molecule has 1 atom stereocenters. The summed E-state index contributed by atoms with van der Waals surface area (Å²) in [7, 11) is 1.74. The van der Waals surface area contributed by atoms with Crippen LogP contribution >= 0.6 is 11.8 Å². The molecule has 2 N–H and O–H groups in total. The topological polar surface area (TPSA) is 62.7 Å². The minimum Gasteiger partial charge on any atom is -0.313 e. The summed E-state index contributed by atoms with van der Waals surface area (Å²) < 4.78 is 1.55. The molecule has 0 saturated carbocycles. The quantitative estimate of drug-likeness (QED) is 0.691. The van der Waals surface area contributed by atoms with Crippen molar-refractivity contribution in [2.24, 2.45) is 7.05 Å². The van der Waals surface area contributed by atoms with E-state index in [-0.39, 0.29) is 5.69 Å². The van der Waals surface area contributed by atoms with Crippen LogP contribution in [0.2, 0.25) is 0 Å². The number of nitrogens with one attached hydrogen (secondary N) is 2. The van der Waals surface area contributed by atoms with Crippen LogP contribution in [0.3, 0.4) is 0 Å². The third-order valence-corrected chi connectivity index (χ3v) is 3.76. The van der Waals surface area contributed by atoms with Gasteiger partial charge in [-0.15, -0.1) is 5.10 Å². The Morgan fingerprint density at radius 3 is 2.76 bits per heavy atom. The van der Waals surface area contributed by atoms with Gasteiger partial charge in [0.2, 0.25) is 0 Å². The van der Waals surface area contributed by atoms with Crippen LogP contribution in [0.25, 0.3) is 0 Å². The van der Waals surface area contributed by atoms with Gasteiger partial charge >= 0.3 is 5.69 Å². The number of thioether (sulfide) groups is 1. The summed E-state index contributed by atoms with van der Waals surface area (Å²) >= 11 is 1.62. The lowest BCUT2D eigenvalue weighted by atomic mass is 10.2. The van der Waals surface area contributed by atoms with Crippen LogP contribution in [-0.4, -0.2) is 33.1 Å². The van der Waals surface area contributed by atoms with E-state index in [1.807, 2.05) is 0 Å². The molecule has 0 bridgehead atoms. The van der Waals surface area contributed by atoms with Crippen molar-refractivity contribution in [2.45, 2.75) is 44.3 Å². The number of H-pyrrole nitrogens is 1. The monoisotopic (exact) mass is 258 g/mol. The second-order valence-corrected chi connectivity index (χ2v) is 5.11. The van der Waals surface area contributed by atoms with E-state index in [0.717, 1.165) is 30.3 Å². The van der Waals surface area contributed by atoms with Crippen molar-refractivity contribution >= 4 is 11.8 Å². The van der Waals surface area contributed by atoms with E-state index in [2.05, 4.69) is 29.4 Å². The summed E-state index contributed by atoms with van der Waals surface area (Å²) in [5.41, 5.74) is -0.152. The Hall–Kier alpha value is -0.750. The van der Waals surface area contributed by atoms with Crippen molar-refractivity contribution in [3.05, 3.63) is 10.5 Å². The molecule has 1 aromatic heterocycles. The van der Waals surface area contributed by atoms with Crippen molar-refractivity contribution in [3.8, 4) is 0 Å². The number of rotatable bonds is 8. The minimum absolute atomic E-state index is 0.152. The lowest BCUT2D eigenvalue weighted by Crippen LogP contribution is -2.32. The summed E-state index contributed by atoms with van der Waals surface area (Å²) in [5, 5.41) is 10.7. The smallest absolute Gasteiger partial charge is 0.313 e. The standard InChI is InChI=1S/C11H22N4OS/c1-4-6-9(12-7-5-2)8-17-11-14-13-10(16)15(11)3/h9,12H,4-8H2,1-3H3,(H,13,16). The molecule has 0 aliphatic rings. The normalized spacial score (nSPS) is 12.9. The van der Waals surface area contributed by atoms with Crippen LogP contribution in [0.5, 0.6) is 0 Å². The number of nitrogens with zero attached hydrogens (tertiary/aromatic N) is 2. The highest BCUT2D eigenvalue weighted by Crippen LogP contribution is 2.15. The largest absolute Gasteiger partial charge is 0.343 e. The zero-order valence-corrected chi connectivity index (χ0v) is 11.6. The first kappa shape index (κ1) is 14.3. The number of aromatic nitrogens is 3. The zero-order valence-electron chi connectivity index (χ0n) is 10.8. The van der Waals surface area contributed by atoms with Crippen molar-refractivity contribution < 1.29 is 0 Å².